The maximum absolute atomic E-state index is 4.44. The van der Waals surface area contributed by atoms with Crippen LogP contribution in [0.5, 0.6) is 0 Å². The Balaban J connectivity index is 2.30. The Labute approximate surface area is 89.6 Å². The third-order valence-electron chi connectivity index (χ3n) is 2.66. The first-order valence-electron chi connectivity index (χ1n) is 4.44. The molecule has 13 heavy (non-hydrogen) atoms. The quantitative estimate of drug-likeness (QED) is 0.696. The number of nitrogens with zero attached hydrogens (tertiary/aromatic N) is 1. The Kier molecular flexibility index (Phi) is 1.62. The van der Waals surface area contributed by atoms with E-state index in [2.05, 4.69) is 38.6 Å². The predicted octanol–water partition coefficient (Wildman–Crippen LogP) is 1.33. The van der Waals surface area contributed by atoms with Crippen LogP contribution in [0.2, 0.25) is 0 Å². The number of aromatic nitrogens is 1. The molecule has 1 fully saturated rings. The van der Waals surface area contributed by atoms with E-state index in [0.717, 1.165) is 11.4 Å². The van der Waals surface area contributed by atoms with Crippen LogP contribution in [0, 0.1) is 9.49 Å². The number of aromatic amines is 1. The smallest absolute Gasteiger partial charge is 0.137 e. The van der Waals surface area contributed by atoms with Crippen molar-refractivity contribution in [2.24, 2.45) is 10.9 Å². The summed E-state index contributed by atoms with van der Waals surface area (Å²) in [4.78, 5) is 7.62. The standard InChI is InChI=1S/C10H9IN2/c11-9-5-13-10-8(9)2-1-6-3-7(6)4-12-10/h2,4-6H,1,3H2,(H,12,13)/b7-4+,8-2-. The summed E-state index contributed by atoms with van der Waals surface area (Å²) < 4.78 is 1.27. The molecule has 1 N–H and O–H groups in total. The highest BCUT2D eigenvalue weighted by Gasteiger charge is 2.28. The minimum Gasteiger partial charge on any atom is -0.345 e. The summed E-state index contributed by atoms with van der Waals surface area (Å²) in [6, 6.07) is 0. The van der Waals surface area contributed by atoms with Crippen molar-refractivity contribution in [2.75, 3.05) is 0 Å². The van der Waals surface area contributed by atoms with Gasteiger partial charge in [0.05, 0.1) is 0 Å². The van der Waals surface area contributed by atoms with Crippen LogP contribution in [-0.2, 0) is 0 Å². The highest BCUT2D eigenvalue weighted by atomic mass is 127. The van der Waals surface area contributed by atoms with E-state index >= 15 is 0 Å². The van der Waals surface area contributed by atoms with Crippen LogP contribution in [0.3, 0.4) is 0 Å². The number of halogens is 1. The van der Waals surface area contributed by atoms with Crippen LogP contribution < -0.4 is 10.7 Å². The molecule has 1 unspecified atom stereocenters. The monoisotopic (exact) mass is 284 g/mol. The lowest BCUT2D eigenvalue weighted by Crippen LogP contribution is -2.24. The molecular formula is C10H9IN2. The molecule has 0 bridgehead atoms. The number of hydrogen-bond acceptors (Lipinski definition) is 1. The molecule has 1 aliphatic carbocycles. The maximum atomic E-state index is 4.44. The first kappa shape index (κ1) is 7.79. The van der Waals surface area contributed by atoms with Crippen molar-refractivity contribution in [1.29, 1.82) is 0 Å². The van der Waals surface area contributed by atoms with Gasteiger partial charge in [0.25, 0.3) is 0 Å². The topological polar surface area (TPSA) is 28.1 Å². The van der Waals surface area contributed by atoms with Gasteiger partial charge in [0.1, 0.15) is 5.49 Å². The molecule has 1 aliphatic heterocycles. The highest BCUT2D eigenvalue weighted by Crippen LogP contribution is 2.40. The van der Waals surface area contributed by atoms with Gasteiger partial charge in [-0.1, -0.05) is 6.08 Å². The largest absolute Gasteiger partial charge is 0.345 e. The van der Waals surface area contributed by atoms with Crippen molar-refractivity contribution < 1.29 is 0 Å². The minimum absolute atomic E-state index is 0.794. The molecule has 0 radical (unpaired) electrons. The fourth-order valence-corrected chi connectivity index (χ4v) is 2.36. The van der Waals surface area contributed by atoms with Crippen molar-refractivity contribution in [2.45, 2.75) is 12.8 Å². The Morgan fingerprint density at radius 2 is 2.46 bits per heavy atom. The minimum atomic E-state index is 0.794. The molecule has 2 nitrogen and oxygen atoms in total. The number of nitrogens with one attached hydrogen (secondary N) is 1. The highest BCUT2D eigenvalue weighted by molar-refractivity contribution is 14.1. The lowest BCUT2D eigenvalue weighted by atomic mass is 10.2. The molecule has 0 saturated heterocycles. The zero-order chi connectivity index (χ0) is 8.84. The van der Waals surface area contributed by atoms with Gasteiger partial charge in [-0.05, 0) is 46.9 Å². The summed E-state index contributed by atoms with van der Waals surface area (Å²) in [6.45, 7) is 0. The fourth-order valence-electron chi connectivity index (χ4n) is 1.73. The summed E-state index contributed by atoms with van der Waals surface area (Å²) in [5.41, 5.74) is 2.52. The molecule has 2 heterocycles. The first-order chi connectivity index (χ1) is 6.34. The third-order valence-corrected chi connectivity index (χ3v) is 3.55. The van der Waals surface area contributed by atoms with Crippen molar-refractivity contribution in [3.05, 3.63) is 32.2 Å². The van der Waals surface area contributed by atoms with E-state index in [4.69, 9.17) is 0 Å². The van der Waals surface area contributed by atoms with Crippen LogP contribution in [-0.4, -0.2) is 4.98 Å². The fraction of sp³-hybridized carbons (Fsp3) is 0.300. The molecule has 3 heteroatoms. The average Bonchev–Trinajstić information content (AvgIpc) is 2.73. The van der Waals surface area contributed by atoms with Crippen molar-refractivity contribution in [3.63, 3.8) is 0 Å². The van der Waals surface area contributed by atoms with Crippen molar-refractivity contribution >= 4 is 28.7 Å². The first-order valence-corrected chi connectivity index (χ1v) is 5.52. The van der Waals surface area contributed by atoms with Crippen LogP contribution in [0.4, 0.5) is 0 Å². The van der Waals surface area contributed by atoms with Gasteiger partial charge in [-0.15, -0.1) is 0 Å². The van der Waals surface area contributed by atoms with Crippen LogP contribution >= 0.6 is 22.6 Å². The zero-order valence-corrected chi connectivity index (χ0v) is 9.21. The van der Waals surface area contributed by atoms with Crippen LogP contribution in [0.1, 0.15) is 12.8 Å². The molecule has 1 saturated carbocycles. The van der Waals surface area contributed by atoms with Gasteiger partial charge in [0.15, 0.2) is 0 Å². The molecular weight excluding hydrogens is 275 g/mol. The Morgan fingerprint density at radius 1 is 1.54 bits per heavy atom. The van der Waals surface area contributed by atoms with E-state index < -0.39 is 0 Å². The SMILES string of the molecule is Ic1c[nH]c2/c1=C\CC1C/C1=C\N=2. The lowest BCUT2D eigenvalue weighted by molar-refractivity contribution is 0.918. The lowest BCUT2D eigenvalue weighted by Gasteiger charge is -1.89. The van der Waals surface area contributed by atoms with E-state index in [1.807, 2.05) is 12.4 Å². The molecule has 66 valence electrons. The molecule has 1 aromatic heterocycles. The normalized spacial score (nSPS) is 33.3. The van der Waals surface area contributed by atoms with E-state index in [0.29, 0.717) is 0 Å². The van der Waals surface area contributed by atoms with Crippen LogP contribution in [0.25, 0.3) is 6.08 Å². The molecule has 0 spiro atoms. The summed E-state index contributed by atoms with van der Waals surface area (Å²) in [5, 5.41) is 1.28. The molecule has 3 rings (SSSR count). The van der Waals surface area contributed by atoms with Gasteiger partial charge in [0, 0.05) is 21.2 Å². The summed E-state index contributed by atoms with van der Waals surface area (Å²) >= 11 is 2.35. The summed E-state index contributed by atoms with van der Waals surface area (Å²) in [6.07, 6.45) is 8.79. The number of rotatable bonds is 0. The second-order valence-electron chi connectivity index (χ2n) is 3.57. The third kappa shape index (κ3) is 1.25. The second-order valence-corrected chi connectivity index (χ2v) is 4.74. The van der Waals surface area contributed by atoms with E-state index in [9.17, 15) is 0 Å². The van der Waals surface area contributed by atoms with Gasteiger partial charge >= 0.3 is 0 Å². The molecule has 1 atom stereocenters. The van der Waals surface area contributed by atoms with Gasteiger partial charge in [-0.2, -0.15) is 0 Å². The second kappa shape index (κ2) is 2.70. The van der Waals surface area contributed by atoms with Gasteiger partial charge in [-0.3, -0.25) is 0 Å². The van der Waals surface area contributed by atoms with E-state index in [1.54, 1.807) is 0 Å². The van der Waals surface area contributed by atoms with Crippen molar-refractivity contribution in [3.8, 4) is 0 Å². The summed E-state index contributed by atoms with van der Waals surface area (Å²) in [7, 11) is 0. The molecule has 2 aliphatic rings. The number of allylic oxidation sites excluding steroid dienone is 1. The van der Waals surface area contributed by atoms with Gasteiger partial charge < -0.3 is 4.98 Å². The number of fused-ring (bicyclic) bond motifs is 2. The predicted molar refractivity (Wildman–Crippen MR) is 59.6 cm³/mol. The van der Waals surface area contributed by atoms with E-state index in [-0.39, 0.29) is 0 Å². The molecule has 1 aromatic rings. The maximum Gasteiger partial charge on any atom is 0.137 e. The number of H-pyrrole nitrogens is 1. The van der Waals surface area contributed by atoms with Crippen LogP contribution in [0.15, 0.2) is 23.0 Å². The van der Waals surface area contributed by atoms with Gasteiger partial charge in [0.2, 0.25) is 0 Å². The Morgan fingerprint density at radius 3 is 3.38 bits per heavy atom. The van der Waals surface area contributed by atoms with Crippen molar-refractivity contribution in [1.82, 2.24) is 4.98 Å². The summed E-state index contributed by atoms with van der Waals surface area (Å²) in [5.74, 6) is 0.794. The van der Waals surface area contributed by atoms with Gasteiger partial charge in [-0.25, -0.2) is 4.99 Å². The molecule has 0 amide bonds. The number of hydrogen-bond donors (Lipinski definition) is 1. The molecule has 0 aromatic carbocycles. The van der Waals surface area contributed by atoms with E-state index in [1.165, 1.54) is 27.2 Å². The zero-order valence-electron chi connectivity index (χ0n) is 7.05. The average molecular weight is 284 g/mol. The Bertz CT molecular complexity index is 495. The Hall–Kier alpha value is -0.580.